The fourth-order valence-electron chi connectivity index (χ4n) is 1.99. The summed E-state index contributed by atoms with van der Waals surface area (Å²) in [5, 5.41) is 0. The first-order chi connectivity index (χ1) is 7.80. The summed E-state index contributed by atoms with van der Waals surface area (Å²) >= 11 is 0. The summed E-state index contributed by atoms with van der Waals surface area (Å²) in [7, 11) is -4.37. The van der Waals surface area contributed by atoms with Crippen LogP contribution >= 0.6 is 0 Å². The first kappa shape index (κ1) is 11.9. The van der Waals surface area contributed by atoms with Crippen molar-refractivity contribution in [3.05, 3.63) is 17.7 Å². The number of hydrogen-bond acceptors (Lipinski definition) is 4. The average molecular weight is 256 g/mol. The molecule has 3 N–H and O–H groups in total. The second kappa shape index (κ2) is 3.71. The third-order valence-corrected chi connectivity index (χ3v) is 3.67. The largest absolute Gasteiger partial charge is 0.398 e. The van der Waals surface area contributed by atoms with Gasteiger partial charge in [0.1, 0.15) is 4.90 Å². The van der Waals surface area contributed by atoms with Crippen LogP contribution in [0, 0.1) is 0 Å². The van der Waals surface area contributed by atoms with Crippen LogP contribution in [0.5, 0.6) is 0 Å². The summed E-state index contributed by atoms with van der Waals surface area (Å²) in [5.74, 6) is -0.171. The number of amides is 1. The molecule has 0 aliphatic carbocycles. The molecule has 0 saturated heterocycles. The number of carbonyl (C=O) groups excluding carboxylic acids is 1. The summed E-state index contributed by atoms with van der Waals surface area (Å²) in [6.45, 7) is 1.90. The Labute approximate surface area is 98.8 Å². The van der Waals surface area contributed by atoms with Crippen molar-refractivity contribution in [2.45, 2.75) is 18.2 Å². The summed E-state index contributed by atoms with van der Waals surface area (Å²) in [6.07, 6.45) is 0.630. The maximum atomic E-state index is 11.3. The Hall–Kier alpha value is -1.60. The van der Waals surface area contributed by atoms with Gasteiger partial charge < -0.3 is 10.6 Å². The van der Waals surface area contributed by atoms with Gasteiger partial charge in [-0.2, -0.15) is 8.42 Å². The molecule has 0 fully saturated rings. The third-order valence-electron chi connectivity index (χ3n) is 2.76. The second-order valence-corrected chi connectivity index (χ2v) is 5.30. The van der Waals surface area contributed by atoms with Gasteiger partial charge in [0.15, 0.2) is 0 Å². The van der Waals surface area contributed by atoms with Gasteiger partial charge in [-0.3, -0.25) is 9.35 Å². The summed E-state index contributed by atoms with van der Waals surface area (Å²) in [5.41, 5.74) is 6.87. The van der Waals surface area contributed by atoms with Crippen LogP contribution in [0.2, 0.25) is 0 Å². The Balaban J connectivity index is 2.63. The van der Waals surface area contributed by atoms with Crippen molar-refractivity contribution in [2.24, 2.45) is 0 Å². The Bertz CT molecular complexity index is 595. The van der Waals surface area contributed by atoms with E-state index in [9.17, 15) is 13.2 Å². The standard InChI is InChI=1S/C10H12N2O4S/c1-6(13)12-3-2-7-4-8(11)10(5-9(7)12)17(14,15)16/h4-5H,2-3,11H2,1H3,(H,14,15,16). The Kier molecular flexibility index (Phi) is 2.59. The van der Waals surface area contributed by atoms with Crippen molar-refractivity contribution < 1.29 is 17.8 Å². The average Bonchev–Trinajstić information content (AvgIpc) is 2.57. The van der Waals surface area contributed by atoms with E-state index >= 15 is 0 Å². The van der Waals surface area contributed by atoms with Crippen LogP contribution < -0.4 is 10.6 Å². The number of hydrogen-bond donors (Lipinski definition) is 2. The van der Waals surface area contributed by atoms with E-state index in [2.05, 4.69) is 0 Å². The molecule has 17 heavy (non-hydrogen) atoms. The summed E-state index contributed by atoms with van der Waals surface area (Å²) < 4.78 is 31.2. The van der Waals surface area contributed by atoms with E-state index in [1.165, 1.54) is 24.0 Å². The molecule has 0 bridgehead atoms. The van der Waals surface area contributed by atoms with Crippen molar-refractivity contribution in [3.63, 3.8) is 0 Å². The molecule has 1 aliphatic heterocycles. The first-order valence-electron chi connectivity index (χ1n) is 4.98. The SMILES string of the molecule is CC(=O)N1CCc2cc(N)c(S(=O)(=O)O)cc21. The van der Waals surface area contributed by atoms with Gasteiger partial charge in [-0.1, -0.05) is 0 Å². The monoisotopic (exact) mass is 256 g/mol. The van der Waals surface area contributed by atoms with Crippen LogP contribution in [-0.4, -0.2) is 25.4 Å². The number of nitrogens with zero attached hydrogens (tertiary/aromatic N) is 1. The number of rotatable bonds is 1. The molecular formula is C10H12N2O4S. The highest BCUT2D eigenvalue weighted by atomic mass is 32.2. The van der Waals surface area contributed by atoms with Crippen molar-refractivity contribution in [1.29, 1.82) is 0 Å². The molecule has 0 aromatic heterocycles. The number of fused-ring (bicyclic) bond motifs is 1. The number of benzene rings is 1. The molecule has 6 nitrogen and oxygen atoms in total. The lowest BCUT2D eigenvalue weighted by Crippen LogP contribution is -2.25. The van der Waals surface area contributed by atoms with Crippen LogP contribution in [0.15, 0.2) is 17.0 Å². The predicted octanol–water partition coefficient (Wildman–Crippen LogP) is 0.425. The molecule has 0 spiro atoms. The lowest BCUT2D eigenvalue weighted by molar-refractivity contribution is -0.116. The number of nitrogens with two attached hydrogens (primary N) is 1. The summed E-state index contributed by atoms with van der Waals surface area (Å²) in [6, 6.07) is 2.73. The van der Waals surface area contributed by atoms with Gasteiger partial charge >= 0.3 is 0 Å². The fraction of sp³-hybridized carbons (Fsp3) is 0.300. The zero-order chi connectivity index (χ0) is 12.8. The fourth-order valence-corrected chi connectivity index (χ4v) is 2.61. The van der Waals surface area contributed by atoms with Crippen LogP contribution in [0.4, 0.5) is 11.4 Å². The highest BCUT2D eigenvalue weighted by molar-refractivity contribution is 7.86. The van der Waals surface area contributed by atoms with Crippen molar-refractivity contribution >= 4 is 27.4 Å². The Morgan fingerprint density at radius 3 is 2.65 bits per heavy atom. The highest BCUT2D eigenvalue weighted by Gasteiger charge is 2.26. The zero-order valence-electron chi connectivity index (χ0n) is 9.17. The molecule has 0 atom stereocenters. The zero-order valence-corrected chi connectivity index (χ0v) is 9.99. The van der Waals surface area contributed by atoms with Gasteiger partial charge in [-0.15, -0.1) is 0 Å². The molecule has 1 aromatic carbocycles. The molecular weight excluding hydrogens is 244 g/mol. The van der Waals surface area contributed by atoms with E-state index in [4.69, 9.17) is 10.3 Å². The topological polar surface area (TPSA) is 101 Å². The molecule has 92 valence electrons. The minimum absolute atomic E-state index is 0.00310. The number of nitrogen functional groups attached to an aromatic ring is 1. The lowest BCUT2D eigenvalue weighted by atomic mass is 10.1. The van der Waals surface area contributed by atoms with E-state index in [0.29, 0.717) is 18.7 Å². The third kappa shape index (κ3) is 1.98. The molecule has 7 heteroatoms. The highest BCUT2D eigenvalue weighted by Crippen LogP contribution is 2.34. The van der Waals surface area contributed by atoms with E-state index in [0.717, 1.165) is 5.56 Å². The van der Waals surface area contributed by atoms with Crippen molar-refractivity contribution in [2.75, 3.05) is 17.2 Å². The normalized spacial score (nSPS) is 14.8. The smallest absolute Gasteiger partial charge is 0.296 e. The molecule has 1 aromatic rings. The molecule has 2 rings (SSSR count). The van der Waals surface area contributed by atoms with Gasteiger partial charge in [0.2, 0.25) is 5.91 Å². The minimum atomic E-state index is -4.37. The van der Waals surface area contributed by atoms with Crippen molar-refractivity contribution in [3.8, 4) is 0 Å². The molecule has 0 unspecified atom stereocenters. The van der Waals surface area contributed by atoms with Gasteiger partial charge in [-0.05, 0) is 24.1 Å². The van der Waals surface area contributed by atoms with E-state index in [-0.39, 0.29) is 16.5 Å². The maximum Gasteiger partial charge on any atom is 0.296 e. The van der Waals surface area contributed by atoms with Gasteiger partial charge in [0, 0.05) is 19.2 Å². The minimum Gasteiger partial charge on any atom is -0.398 e. The number of carbonyl (C=O) groups is 1. The summed E-state index contributed by atoms with van der Waals surface area (Å²) in [4.78, 5) is 12.4. The number of anilines is 2. The molecule has 0 radical (unpaired) electrons. The van der Waals surface area contributed by atoms with E-state index in [1.54, 1.807) is 0 Å². The Morgan fingerprint density at radius 2 is 2.12 bits per heavy atom. The van der Waals surface area contributed by atoms with E-state index < -0.39 is 10.1 Å². The Morgan fingerprint density at radius 1 is 1.47 bits per heavy atom. The van der Waals surface area contributed by atoms with Crippen LogP contribution in [0.25, 0.3) is 0 Å². The maximum absolute atomic E-state index is 11.3. The second-order valence-electron chi connectivity index (χ2n) is 3.91. The van der Waals surface area contributed by atoms with Gasteiger partial charge in [-0.25, -0.2) is 0 Å². The molecule has 1 heterocycles. The van der Waals surface area contributed by atoms with Gasteiger partial charge in [0.25, 0.3) is 10.1 Å². The molecule has 0 saturated carbocycles. The van der Waals surface area contributed by atoms with Gasteiger partial charge in [0.05, 0.1) is 5.69 Å². The first-order valence-corrected chi connectivity index (χ1v) is 6.42. The molecule has 1 aliphatic rings. The lowest BCUT2D eigenvalue weighted by Gasteiger charge is -2.15. The van der Waals surface area contributed by atoms with E-state index in [1.807, 2.05) is 0 Å². The predicted molar refractivity (Wildman–Crippen MR) is 62.4 cm³/mol. The van der Waals surface area contributed by atoms with Crippen molar-refractivity contribution in [1.82, 2.24) is 0 Å². The van der Waals surface area contributed by atoms with Crippen LogP contribution in [0.3, 0.4) is 0 Å². The van der Waals surface area contributed by atoms with Crippen LogP contribution in [-0.2, 0) is 21.3 Å². The quantitative estimate of drug-likeness (QED) is 0.560. The van der Waals surface area contributed by atoms with Crippen LogP contribution in [0.1, 0.15) is 12.5 Å². The molecule has 1 amide bonds.